The molecule has 1 saturated heterocycles. The van der Waals surface area contributed by atoms with E-state index in [0.29, 0.717) is 6.42 Å². The fourth-order valence-corrected chi connectivity index (χ4v) is 5.65. The van der Waals surface area contributed by atoms with Crippen molar-refractivity contribution in [3.8, 4) is 10.6 Å². The van der Waals surface area contributed by atoms with Gasteiger partial charge in [0.15, 0.2) is 0 Å². The van der Waals surface area contributed by atoms with Crippen LogP contribution in [0.4, 0.5) is 5.69 Å². The molecule has 1 aliphatic heterocycles. The van der Waals surface area contributed by atoms with Crippen molar-refractivity contribution in [1.29, 1.82) is 0 Å². The maximum Gasteiger partial charge on any atom is 0.230 e. The zero-order valence-electron chi connectivity index (χ0n) is 15.6. The number of aromatic nitrogens is 1. The molecule has 4 nitrogen and oxygen atoms in total. The third-order valence-electron chi connectivity index (χ3n) is 4.72. The van der Waals surface area contributed by atoms with Crippen molar-refractivity contribution in [3.63, 3.8) is 0 Å². The highest BCUT2D eigenvalue weighted by molar-refractivity contribution is 7.99. The van der Waals surface area contributed by atoms with Gasteiger partial charge in [0.2, 0.25) is 5.91 Å². The van der Waals surface area contributed by atoms with Crippen LogP contribution in [0, 0.1) is 0 Å². The van der Waals surface area contributed by atoms with Crippen LogP contribution >= 0.6 is 34.4 Å². The zero-order valence-corrected chi connectivity index (χ0v) is 18.0. The summed E-state index contributed by atoms with van der Waals surface area (Å²) in [6.45, 7) is 3.51. The lowest BCUT2D eigenvalue weighted by Gasteiger charge is -2.26. The van der Waals surface area contributed by atoms with Gasteiger partial charge < -0.3 is 10.2 Å². The Labute approximate surface area is 178 Å². The van der Waals surface area contributed by atoms with Crippen molar-refractivity contribution in [2.75, 3.05) is 36.5 Å². The minimum atomic E-state index is -0.0271. The Balaban J connectivity index is 1.26. The summed E-state index contributed by atoms with van der Waals surface area (Å²) in [4.78, 5) is 19.4. The van der Waals surface area contributed by atoms with Gasteiger partial charge in [-0.2, -0.15) is 23.1 Å². The number of anilines is 1. The summed E-state index contributed by atoms with van der Waals surface area (Å²) < 4.78 is 0. The molecule has 1 aromatic carbocycles. The van der Waals surface area contributed by atoms with E-state index in [-0.39, 0.29) is 5.91 Å². The fourth-order valence-electron chi connectivity index (χ4n) is 3.14. The molecule has 2 aromatic heterocycles. The molecule has 0 atom stereocenters. The first kappa shape index (κ1) is 19.6. The van der Waals surface area contributed by atoms with Crippen LogP contribution in [0.5, 0.6) is 0 Å². The van der Waals surface area contributed by atoms with Crippen molar-refractivity contribution in [1.82, 2.24) is 9.88 Å². The molecule has 0 bridgehead atoms. The second-order valence-electron chi connectivity index (χ2n) is 6.78. The van der Waals surface area contributed by atoms with Crippen LogP contribution in [0.1, 0.15) is 11.3 Å². The van der Waals surface area contributed by atoms with Crippen LogP contribution in [0.2, 0.25) is 0 Å². The first-order valence-corrected chi connectivity index (χ1v) is 12.4. The summed E-state index contributed by atoms with van der Waals surface area (Å²) in [6, 6.07) is 10.3. The van der Waals surface area contributed by atoms with E-state index in [1.165, 1.54) is 30.2 Å². The van der Waals surface area contributed by atoms with Gasteiger partial charge in [-0.15, -0.1) is 11.3 Å². The Morgan fingerprint density at radius 2 is 1.93 bits per heavy atom. The molecule has 1 amide bonds. The van der Waals surface area contributed by atoms with Gasteiger partial charge in [-0.25, -0.2) is 4.98 Å². The molecule has 1 N–H and O–H groups in total. The Bertz CT molecular complexity index is 884. The third-order valence-corrected chi connectivity index (χ3v) is 7.29. The Hall–Kier alpha value is -1.67. The lowest BCUT2D eigenvalue weighted by molar-refractivity contribution is -0.115. The SMILES string of the molecule is O=C(Cc1csc(-c2ccsc2)n1)Nc1ccc(CCN2CCSCC2)cc1. The maximum atomic E-state index is 12.3. The van der Waals surface area contributed by atoms with Gasteiger partial charge in [0, 0.05) is 53.2 Å². The third kappa shape index (κ3) is 5.44. The van der Waals surface area contributed by atoms with E-state index in [1.54, 1.807) is 22.7 Å². The molecule has 0 spiro atoms. The van der Waals surface area contributed by atoms with Crippen LogP contribution in [-0.2, 0) is 17.6 Å². The predicted octanol–water partition coefficient (Wildman–Crippen LogP) is 4.64. The molecule has 0 aliphatic carbocycles. The number of rotatable bonds is 7. The fraction of sp³-hybridized carbons (Fsp3) is 0.333. The molecule has 146 valence electrons. The molecule has 0 radical (unpaired) electrons. The van der Waals surface area contributed by atoms with E-state index in [9.17, 15) is 4.79 Å². The molecule has 3 aromatic rings. The van der Waals surface area contributed by atoms with Crippen molar-refractivity contribution >= 4 is 46.0 Å². The van der Waals surface area contributed by atoms with Crippen molar-refractivity contribution in [2.45, 2.75) is 12.8 Å². The predicted molar refractivity (Wildman–Crippen MR) is 122 cm³/mol. The van der Waals surface area contributed by atoms with Crippen LogP contribution < -0.4 is 5.32 Å². The largest absolute Gasteiger partial charge is 0.326 e. The number of nitrogens with zero attached hydrogens (tertiary/aromatic N) is 2. The quantitative estimate of drug-likeness (QED) is 0.594. The number of amides is 1. The minimum absolute atomic E-state index is 0.0271. The average Bonchev–Trinajstić information content (AvgIpc) is 3.40. The topological polar surface area (TPSA) is 45.2 Å². The van der Waals surface area contributed by atoms with Crippen LogP contribution in [-0.4, -0.2) is 46.9 Å². The summed E-state index contributed by atoms with van der Waals surface area (Å²) in [5.41, 5.74) is 4.10. The Morgan fingerprint density at radius 3 is 2.68 bits per heavy atom. The van der Waals surface area contributed by atoms with Gasteiger partial charge in [0.05, 0.1) is 12.1 Å². The number of hydrogen-bond donors (Lipinski definition) is 1. The average molecular weight is 430 g/mol. The van der Waals surface area contributed by atoms with E-state index >= 15 is 0 Å². The Morgan fingerprint density at radius 1 is 1.11 bits per heavy atom. The summed E-state index contributed by atoms with van der Waals surface area (Å²) in [5, 5.41) is 10.0. The number of nitrogens with one attached hydrogen (secondary N) is 1. The first-order valence-electron chi connectivity index (χ1n) is 9.42. The molecule has 4 rings (SSSR count). The summed E-state index contributed by atoms with van der Waals surface area (Å²) in [6.07, 6.45) is 1.36. The summed E-state index contributed by atoms with van der Waals surface area (Å²) in [5.74, 6) is 2.47. The number of thioether (sulfide) groups is 1. The second-order valence-corrected chi connectivity index (χ2v) is 9.64. The molecular formula is C21H23N3OS3. The van der Waals surface area contributed by atoms with Crippen molar-refractivity contribution < 1.29 is 4.79 Å². The van der Waals surface area contributed by atoms with E-state index < -0.39 is 0 Å². The highest BCUT2D eigenvalue weighted by Crippen LogP contribution is 2.26. The van der Waals surface area contributed by atoms with E-state index in [1.807, 2.05) is 34.7 Å². The van der Waals surface area contributed by atoms with Gasteiger partial charge in [0.25, 0.3) is 0 Å². The number of carbonyl (C=O) groups is 1. The number of benzene rings is 1. The lowest BCUT2D eigenvalue weighted by atomic mass is 10.1. The highest BCUT2D eigenvalue weighted by atomic mass is 32.2. The van der Waals surface area contributed by atoms with Crippen LogP contribution in [0.15, 0.2) is 46.5 Å². The van der Waals surface area contributed by atoms with Crippen LogP contribution in [0.25, 0.3) is 10.6 Å². The normalized spacial score (nSPS) is 14.9. The molecular weight excluding hydrogens is 406 g/mol. The monoisotopic (exact) mass is 429 g/mol. The molecule has 7 heteroatoms. The van der Waals surface area contributed by atoms with E-state index in [4.69, 9.17) is 0 Å². The van der Waals surface area contributed by atoms with Crippen molar-refractivity contribution in [3.05, 3.63) is 57.7 Å². The van der Waals surface area contributed by atoms with Gasteiger partial charge in [-0.1, -0.05) is 12.1 Å². The molecule has 0 saturated carbocycles. The van der Waals surface area contributed by atoms with Gasteiger partial charge in [-0.3, -0.25) is 4.79 Å². The smallest absolute Gasteiger partial charge is 0.230 e. The first-order chi connectivity index (χ1) is 13.8. The van der Waals surface area contributed by atoms with Crippen LogP contribution in [0.3, 0.4) is 0 Å². The van der Waals surface area contributed by atoms with Gasteiger partial charge in [0.1, 0.15) is 5.01 Å². The molecule has 1 aliphatic rings. The highest BCUT2D eigenvalue weighted by Gasteiger charge is 2.11. The Kier molecular flexibility index (Phi) is 6.80. The lowest BCUT2D eigenvalue weighted by Crippen LogP contribution is -2.34. The van der Waals surface area contributed by atoms with Gasteiger partial charge >= 0.3 is 0 Å². The van der Waals surface area contributed by atoms with E-state index in [0.717, 1.165) is 34.9 Å². The molecule has 28 heavy (non-hydrogen) atoms. The summed E-state index contributed by atoms with van der Waals surface area (Å²) in [7, 11) is 0. The zero-order chi connectivity index (χ0) is 19.2. The standard InChI is InChI=1S/C21H23N3OS3/c25-20(13-19-15-28-21(23-19)17-6-10-27-14-17)22-18-3-1-16(2-4-18)5-7-24-8-11-26-12-9-24/h1-4,6,10,14-15H,5,7-9,11-13H2,(H,22,25). The van der Waals surface area contributed by atoms with E-state index in [2.05, 4.69) is 38.8 Å². The molecule has 0 unspecified atom stereocenters. The second kappa shape index (κ2) is 9.69. The molecule has 3 heterocycles. The summed E-state index contributed by atoms with van der Waals surface area (Å²) >= 11 is 5.28. The number of carbonyl (C=O) groups excluding carboxylic acids is 1. The molecule has 1 fully saturated rings. The number of thiophene rings is 1. The van der Waals surface area contributed by atoms with Crippen molar-refractivity contribution in [2.24, 2.45) is 0 Å². The number of hydrogen-bond acceptors (Lipinski definition) is 6. The number of thiazole rings is 1. The van der Waals surface area contributed by atoms with Gasteiger partial charge in [-0.05, 0) is 35.6 Å². The maximum absolute atomic E-state index is 12.3. The minimum Gasteiger partial charge on any atom is -0.326 e.